The number of hydrogen-bond donors (Lipinski definition) is 1. The highest BCUT2D eigenvalue weighted by molar-refractivity contribution is 7.92. The molecule has 0 fully saturated rings. The Kier molecular flexibility index (Phi) is 11.3. The van der Waals surface area contributed by atoms with Crippen LogP contribution < -0.4 is 9.62 Å². The summed E-state index contributed by atoms with van der Waals surface area (Å²) < 4.78 is 39.9. The number of halogens is 1. The molecule has 0 aliphatic rings. The summed E-state index contributed by atoms with van der Waals surface area (Å²) in [4.78, 5) is 28.9. The molecule has 0 heterocycles. The first-order valence-electron chi connectivity index (χ1n) is 13.5. The molecule has 3 rings (SSSR count). The van der Waals surface area contributed by atoms with Crippen LogP contribution in [0, 0.1) is 5.82 Å². The lowest BCUT2D eigenvalue weighted by molar-refractivity contribution is -0.141. The van der Waals surface area contributed by atoms with Crippen LogP contribution in [0.3, 0.4) is 0 Å². The molecule has 3 aromatic carbocycles. The number of rotatable bonds is 14. The molecule has 9 heteroatoms. The van der Waals surface area contributed by atoms with E-state index < -0.39 is 21.9 Å². The van der Waals surface area contributed by atoms with Crippen molar-refractivity contribution in [2.45, 2.75) is 58.2 Å². The number of amides is 2. The summed E-state index contributed by atoms with van der Waals surface area (Å²) in [7, 11) is -3.57. The summed E-state index contributed by atoms with van der Waals surface area (Å²) >= 11 is 0. The number of benzene rings is 3. The van der Waals surface area contributed by atoms with Gasteiger partial charge in [-0.3, -0.25) is 13.9 Å². The Labute approximate surface area is 237 Å². The number of nitrogens with zero attached hydrogens (tertiary/aromatic N) is 2. The second kappa shape index (κ2) is 14.6. The van der Waals surface area contributed by atoms with E-state index in [0.29, 0.717) is 17.7 Å². The lowest BCUT2D eigenvalue weighted by atomic mass is 10.0. The summed E-state index contributed by atoms with van der Waals surface area (Å²) in [5.74, 6) is -0.944. The van der Waals surface area contributed by atoms with Gasteiger partial charge in [-0.1, -0.05) is 67.6 Å². The van der Waals surface area contributed by atoms with Gasteiger partial charge in [0.15, 0.2) is 0 Å². The maximum Gasteiger partial charge on any atom is 0.243 e. The predicted octanol–water partition coefficient (Wildman–Crippen LogP) is 4.93. The van der Waals surface area contributed by atoms with Gasteiger partial charge in [0.25, 0.3) is 0 Å². The van der Waals surface area contributed by atoms with Crippen molar-refractivity contribution in [3.63, 3.8) is 0 Å². The molecule has 0 saturated carbocycles. The van der Waals surface area contributed by atoms with Crippen molar-refractivity contribution < 1.29 is 22.4 Å². The first kappa shape index (κ1) is 30.8. The first-order valence-corrected chi connectivity index (χ1v) is 15.3. The van der Waals surface area contributed by atoms with Gasteiger partial charge in [-0.05, 0) is 55.2 Å². The molecule has 3 aromatic rings. The third kappa shape index (κ3) is 9.19. The SMILES string of the molecule is CC[C@@H](C)NC(=O)[C@H](Cc1ccccc1)N(Cc1ccc(F)cc1)C(=O)CCCN(c1ccccc1)S(C)(=O)=O. The molecule has 0 aromatic heterocycles. The van der Waals surface area contributed by atoms with Crippen molar-refractivity contribution in [2.75, 3.05) is 17.1 Å². The molecule has 0 radical (unpaired) electrons. The van der Waals surface area contributed by atoms with Crippen LogP contribution in [0.4, 0.5) is 10.1 Å². The van der Waals surface area contributed by atoms with Gasteiger partial charge in [0.1, 0.15) is 11.9 Å². The van der Waals surface area contributed by atoms with Crippen LogP contribution in [0.5, 0.6) is 0 Å². The molecule has 0 aliphatic carbocycles. The Bertz CT molecular complexity index is 1340. The normalized spacial score (nSPS) is 12.8. The van der Waals surface area contributed by atoms with E-state index in [-0.39, 0.29) is 43.8 Å². The summed E-state index contributed by atoms with van der Waals surface area (Å²) in [5.41, 5.74) is 2.11. The zero-order valence-electron chi connectivity index (χ0n) is 23.3. The Morgan fingerprint density at radius 2 is 1.50 bits per heavy atom. The second-order valence-corrected chi connectivity index (χ2v) is 11.9. The lowest BCUT2D eigenvalue weighted by Crippen LogP contribution is -2.52. The van der Waals surface area contributed by atoms with E-state index in [2.05, 4.69) is 5.32 Å². The largest absolute Gasteiger partial charge is 0.352 e. The maximum absolute atomic E-state index is 13.8. The number of carbonyl (C=O) groups is 2. The fourth-order valence-corrected chi connectivity index (χ4v) is 5.35. The van der Waals surface area contributed by atoms with Crippen LogP contribution in [0.1, 0.15) is 44.2 Å². The second-order valence-electron chi connectivity index (χ2n) is 9.95. The van der Waals surface area contributed by atoms with Crippen molar-refractivity contribution in [3.8, 4) is 0 Å². The minimum Gasteiger partial charge on any atom is -0.352 e. The highest BCUT2D eigenvalue weighted by Gasteiger charge is 2.31. The number of para-hydroxylation sites is 1. The minimum atomic E-state index is -3.57. The summed E-state index contributed by atoms with van der Waals surface area (Å²) in [5, 5.41) is 3.02. The van der Waals surface area contributed by atoms with Crippen molar-refractivity contribution in [2.24, 2.45) is 0 Å². The van der Waals surface area contributed by atoms with Crippen molar-refractivity contribution in [3.05, 3.63) is 102 Å². The fourth-order valence-electron chi connectivity index (χ4n) is 4.38. The topological polar surface area (TPSA) is 86.8 Å². The summed E-state index contributed by atoms with van der Waals surface area (Å²) in [6.07, 6.45) is 2.46. The quantitative estimate of drug-likeness (QED) is 0.299. The van der Waals surface area contributed by atoms with E-state index in [1.54, 1.807) is 42.5 Å². The van der Waals surface area contributed by atoms with Gasteiger partial charge in [-0.15, -0.1) is 0 Å². The average Bonchev–Trinajstić information content (AvgIpc) is 2.94. The van der Waals surface area contributed by atoms with Crippen molar-refractivity contribution >= 4 is 27.5 Å². The third-order valence-electron chi connectivity index (χ3n) is 6.73. The van der Waals surface area contributed by atoms with E-state index in [4.69, 9.17) is 0 Å². The average molecular weight is 568 g/mol. The van der Waals surface area contributed by atoms with Gasteiger partial charge >= 0.3 is 0 Å². The van der Waals surface area contributed by atoms with Crippen LogP contribution in [0.2, 0.25) is 0 Å². The van der Waals surface area contributed by atoms with Gasteiger partial charge in [0.2, 0.25) is 21.8 Å². The molecule has 40 heavy (non-hydrogen) atoms. The predicted molar refractivity (Wildman–Crippen MR) is 157 cm³/mol. The molecule has 214 valence electrons. The molecule has 7 nitrogen and oxygen atoms in total. The van der Waals surface area contributed by atoms with E-state index in [1.807, 2.05) is 44.2 Å². The summed E-state index contributed by atoms with van der Waals surface area (Å²) in [6.45, 7) is 4.10. The Balaban J connectivity index is 1.88. The third-order valence-corrected chi connectivity index (χ3v) is 7.93. The molecule has 2 atom stereocenters. The van der Waals surface area contributed by atoms with Crippen LogP contribution in [-0.2, 0) is 32.6 Å². The van der Waals surface area contributed by atoms with Crippen LogP contribution >= 0.6 is 0 Å². The smallest absolute Gasteiger partial charge is 0.243 e. The van der Waals surface area contributed by atoms with Crippen LogP contribution in [-0.4, -0.2) is 50.0 Å². The van der Waals surface area contributed by atoms with Crippen LogP contribution in [0.15, 0.2) is 84.9 Å². The maximum atomic E-state index is 13.8. The van der Waals surface area contributed by atoms with Crippen molar-refractivity contribution in [1.29, 1.82) is 0 Å². The fraction of sp³-hybridized carbons (Fsp3) is 0.355. The number of hydrogen-bond acceptors (Lipinski definition) is 4. The van der Waals surface area contributed by atoms with Gasteiger partial charge in [-0.2, -0.15) is 0 Å². The van der Waals surface area contributed by atoms with Crippen LogP contribution in [0.25, 0.3) is 0 Å². The highest BCUT2D eigenvalue weighted by Crippen LogP contribution is 2.20. The Morgan fingerprint density at radius 1 is 0.900 bits per heavy atom. The highest BCUT2D eigenvalue weighted by atomic mass is 32.2. The number of sulfonamides is 1. The molecule has 1 N–H and O–H groups in total. The molecule has 2 amide bonds. The van der Waals surface area contributed by atoms with E-state index in [0.717, 1.165) is 18.2 Å². The minimum absolute atomic E-state index is 0.0297. The first-order chi connectivity index (χ1) is 19.1. The molecule has 0 spiro atoms. The Hall–Kier alpha value is -3.72. The van der Waals surface area contributed by atoms with E-state index in [1.165, 1.54) is 21.3 Å². The monoisotopic (exact) mass is 567 g/mol. The molecular weight excluding hydrogens is 529 g/mol. The van der Waals surface area contributed by atoms with E-state index in [9.17, 15) is 22.4 Å². The summed E-state index contributed by atoms with van der Waals surface area (Å²) in [6, 6.07) is 23.2. The molecular formula is C31H38FN3O4S. The molecule has 0 aliphatic heterocycles. The van der Waals surface area contributed by atoms with Gasteiger partial charge in [0, 0.05) is 32.0 Å². The Morgan fingerprint density at radius 3 is 2.08 bits per heavy atom. The number of carbonyl (C=O) groups excluding carboxylic acids is 2. The van der Waals surface area contributed by atoms with Crippen molar-refractivity contribution in [1.82, 2.24) is 10.2 Å². The standard InChI is InChI=1S/C31H38FN3O4S/c1-4-24(2)33-31(37)29(22-25-12-7-5-8-13-25)34(23-26-17-19-27(32)20-18-26)30(36)16-11-21-35(40(3,38)39)28-14-9-6-10-15-28/h5-10,12-15,17-20,24,29H,4,11,16,21-23H2,1-3H3,(H,33,37)/t24-,29+/m1/s1. The lowest BCUT2D eigenvalue weighted by Gasteiger charge is -2.32. The van der Waals surface area contributed by atoms with E-state index >= 15 is 0 Å². The zero-order valence-corrected chi connectivity index (χ0v) is 24.1. The van der Waals surface area contributed by atoms with Gasteiger partial charge < -0.3 is 10.2 Å². The number of anilines is 1. The van der Waals surface area contributed by atoms with Gasteiger partial charge in [-0.25, -0.2) is 12.8 Å². The molecule has 0 bridgehead atoms. The molecule has 0 unspecified atom stereocenters. The van der Waals surface area contributed by atoms with Gasteiger partial charge in [0.05, 0.1) is 11.9 Å². The molecule has 0 saturated heterocycles. The number of nitrogens with one attached hydrogen (secondary N) is 1. The zero-order chi connectivity index (χ0) is 29.1.